The van der Waals surface area contributed by atoms with Crippen molar-refractivity contribution in [2.24, 2.45) is 5.92 Å². The Labute approximate surface area is 104 Å². The Balaban J connectivity index is 2.78. The van der Waals surface area contributed by atoms with Gasteiger partial charge in [0.2, 0.25) is 0 Å². The first-order chi connectivity index (χ1) is 7.95. The van der Waals surface area contributed by atoms with Gasteiger partial charge in [0.05, 0.1) is 10.6 Å². The highest BCUT2D eigenvalue weighted by Crippen LogP contribution is 2.21. The number of anilines is 1. The van der Waals surface area contributed by atoms with E-state index >= 15 is 0 Å². The first-order valence-electron chi connectivity index (χ1n) is 5.98. The third-order valence-electron chi connectivity index (χ3n) is 2.71. The van der Waals surface area contributed by atoms with E-state index in [9.17, 15) is 8.42 Å². The van der Waals surface area contributed by atoms with E-state index in [0.29, 0.717) is 16.5 Å². The molecule has 17 heavy (non-hydrogen) atoms. The summed E-state index contributed by atoms with van der Waals surface area (Å²) < 4.78 is 23.2. The Hall–Kier alpha value is -1.03. The normalized spacial score (nSPS) is 13.4. The van der Waals surface area contributed by atoms with Crippen LogP contribution < -0.4 is 5.32 Å². The van der Waals surface area contributed by atoms with Crippen LogP contribution in [0, 0.1) is 5.92 Å². The van der Waals surface area contributed by atoms with Gasteiger partial charge >= 0.3 is 0 Å². The molecular formula is C13H21NO2S. The van der Waals surface area contributed by atoms with Crippen LogP contribution in [0.25, 0.3) is 0 Å². The van der Waals surface area contributed by atoms with Crippen molar-refractivity contribution in [2.75, 3.05) is 18.1 Å². The zero-order chi connectivity index (χ0) is 12.9. The van der Waals surface area contributed by atoms with Crippen molar-refractivity contribution in [3.63, 3.8) is 0 Å². The Bertz CT molecular complexity index is 454. The first-order valence-corrected chi connectivity index (χ1v) is 7.87. The van der Waals surface area contributed by atoms with Gasteiger partial charge in [-0.25, -0.2) is 8.42 Å². The van der Waals surface area contributed by atoms with E-state index in [-0.39, 0.29) is 0 Å². The van der Waals surface area contributed by atoms with E-state index in [0.717, 1.165) is 19.4 Å². The molecule has 0 radical (unpaired) electrons. The molecule has 1 unspecified atom stereocenters. The minimum Gasteiger partial charge on any atom is -0.384 e. The second-order valence-electron chi connectivity index (χ2n) is 4.54. The topological polar surface area (TPSA) is 46.2 Å². The van der Waals surface area contributed by atoms with Crippen LogP contribution in [0.1, 0.15) is 26.7 Å². The fraction of sp³-hybridized carbons (Fsp3) is 0.538. The van der Waals surface area contributed by atoms with Gasteiger partial charge in [-0.2, -0.15) is 0 Å². The maximum atomic E-state index is 11.6. The Kier molecular flexibility index (Phi) is 5.00. The summed E-state index contributed by atoms with van der Waals surface area (Å²) in [4.78, 5) is 0.378. The van der Waals surface area contributed by atoms with Gasteiger partial charge in [-0.05, 0) is 24.5 Å². The predicted molar refractivity (Wildman–Crippen MR) is 72.1 cm³/mol. The lowest BCUT2D eigenvalue weighted by Gasteiger charge is -2.14. The minimum absolute atomic E-state index is 0.378. The number of para-hydroxylation sites is 1. The van der Waals surface area contributed by atoms with Crippen LogP contribution in [-0.4, -0.2) is 21.2 Å². The lowest BCUT2D eigenvalue weighted by atomic mass is 10.1. The van der Waals surface area contributed by atoms with E-state index < -0.39 is 9.84 Å². The molecule has 1 atom stereocenters. The van der Waals surface area contributed by atoms with Crippen LogP contribution >= 0.6 is 0 Å². The molecule has 0 amide bonds. The molecule has 0 fully saturated rings. The van der Waals surface area contributed by atoms with Crippen LogP contribution in [0.3, 0.4) is 0 Å². The Morgan fingerprint density at radius 2 is 1.94 bits per heavy atom. The van der Waals surface area contributed by atoms with E-state index in [1.807, 2.05) is 12.1 Å². The summed E-state index contributed by atoms with van der Waals surface area (Å²) in [5.41, 5.74) is 0.706. The summed E-state index contributed by atoms with van der Waals surface area (Å²) in [5, 5.41) is 3.23. The first kappa shape index (κ1) is 14.0. The van der Waals surface area contributed by atoms with Gasteiger partial charge in [0.15, 0.2) is 9.84 Å². The molecule has 4 heteroatoms. The summed E-state index contributed by atoms with van der Waals surface area (Å²) in [6.45, 7) is 5.13. The summed E-state index contributed by atoms with van der Waals surface area (Å²) in [5.74, 6) is 0.549. The lowest BCUT2D eigenvalue weighted by Crippen LogP contribution is -2.13. The molecule has 3 nitrogen and oxygen atoms in total. The monoisotopic (exact) mass is 255 g/mol. The van der Waals surface area contributed by atoms with Gasteiger partial charge < -0.3 is 5.32 Å². The fourth-order valence-electron chi connectivity index (χ4n) is 1.82. The van der Waals surface area contributed by atoms with Crippen molar-refractivity contribution in [1.29, 1.82) is 0 Å². The number of nitrogens with one attached hydrogen (secondary N) is 1. The van der Waals surface area contributed by atoms with Crippen molar-refractivity contribution < 1.29 is 8.42 Å². The van der Waals surface area contributed by atoms with Gasteiger partial charge in [0, 0.05) is 12.8 Å². The maximum Gasteiger partial charge on any atom is 0.177 e. The highest BCUT2D eigenvalue weighted by Gasteiger charge is 2.12. The minimum atomic E-state index is -3.16. The predicted octanol–water partition coefficient (Wildman–Crippen LogP) is 2.94. The third kappa shape index (κ3) is 4.38. The Morgan fingerprint density at radius 1 is 1.29 bits per heavy atom. The van der Waals surface area contributed by atoms with Crippen molar-refractivity contribution in [2.45, 2.75) is 31.6 Å². The molecule has 0 saturated carbocycles. The van der Waals surface area contributed by atoms with Gasteiger partial charge in [-0.1, -0.05) is 32.4 Å². The zero-order valence-electron chi connectivity index (χ0n) is 10.7. The van der Waals surface area contributed by atoms with E-state index in [2.05, 4.69) is 19.2 Å². The molecule has 96 valence electrons. The number of benzene rings is 1. The van der Waals surface area contributed by atoms with Gasteiger partial charge in [0.1, 0.15) is 0 Å². The van der Waals surface area contributed by atoms with Crippen LogP contribution in [-0.2, 0) is 9.84 Å². The molecule has 0 heterocycles. The highest BCUT2D eigenvalue weighted by atomic mass is 32.2. The number of rotatable bonds is 6. The van der Waals surface area contributed by atoms with Gasteiger partial charge in [-0.15, -0.1) is 0 Å². The molecule has 0 aliphatic carbocycles. The van der Waals surface area contributed by atoms with Crippen LogP contribution in [0.2, 0.25) is 0 Å². The molecule has 0 aromatic heterocycles. The molecule has 1 aromatic rings. The molecular weight excluding hydrogens is 234 g/mol. The number of sulfone groups is 1. The largest absolute Gasteiger partial charge is 0.384 e. The SMILES string of the molecule is CCCC(C)CNc1ccccc1S(C)(=O)=O. The van der Waals surface area contributed by atoms with E-state index in [1.165, 1.54) is 6.26 Å². The molecule has 0 bridgehead atoms. The fourth-order valence-corrected chi connectivity index (χ4v) is 2.68. The van der Waals surface area contributed by atoms with Crippen molar-refractivity contribution in [1.82, 2.24) is 0 Å². The second kappa shape index (κ2) is 6.05. The van der Waals surface area contributed by atoms with Gasteiger partial charge in [-0.3, -0.25) is 0 Å². The van der Waals surface area contributed by atoms with E-state index in [1.54, 1.807) is 12.1 Å². The summed E-state index contributed by atoms with van der Waals surface area (Å²) in [6.07, 6.45) is 3.54. The molecule has 1 aromatic carbocycles. The van der Waals surface area contributed by atoms with Crippen LogP contribution in [0.15, 0.2) is 29.2 Å². The summed E-state index contributed by atoms with van der Waals surface area (Å²) >= 11 is 0. The molecule has 1 N–H and O–H groups in total. The molecule has 0 spiro atoms. The van der Waals surface area contributed by atoms with Crippen molar-refractivity contribution in [3.05, 3.63) is 24.3 Å². The molecule has 1 rings (SSSR count). The molecule has 0 saturated heterocycles. The van der Waals surface area contributed by atoms with Crippen LogP contribution in [0.5, 0.6) is 0 Å². The number of hydrogen-bond acceptors (Lipinski definition) is 3. The molecule has 0 aliphatic heterocycles. The van der Waals surface area contributed by atoms with Crippen molar-refractivity contribution >= 4 is 15.5 Å². The quantitative estimate of drug-likeness (QED) is 0.850. The zero-order valence-corrected chi connectivity index (χ0v) is 11.5. The average Bonchev–Trinajstić information content (AvgIpc) is 2.26. The van der Waals surface area contributed by atoms with Crippen LogP contribution in [0.4, 0.5) is 5.69 Å². The third-order valence-corrected chi connectivity index (χ3v) is 3.86. The van der Waals surface area contributed by atoms with Crippen molar-refractivity contribution in [3.8, 4) is 0 Å². The smallest absolute Gasteiger partial charge is 0.177 e. The molecule has 0 aliphatic rings. The standard InChI is InChI=1S/C13H21NO2S/c1-4-7-11(2)10-14-12-8-5-6-9-13(12)17(3,15)16/h5-6,8-9,11,14H,4,7,10H2,1-3H3. The lowest BCUT2D eigenvalue weighted by molar-refractivity contribution is 0.550. The maximum absolute atomic E-state index is 11.6. The van der Waals surface area contributed by atoms with Gasteiger partial charge in [0.25, 0.3) is 0 Å². The number of hydrogen-bond donors (Lipinski definition) is 1. The summed E-state index contributed by atoms with van der Waals surface area (Å²) in [7, 11) is -3.16. The Morgan fingerprint density at radius 3 is 2.53 bits per heavy atom. The summed E-state index contributed by atoms with van der Waals surface area (Å²) in [6, 6.07) is 7.05. The average molecular weight is 255 g/mol. The second-order valence-corrected chi connectivity index (χ2v) is 6.53. The highest BCUT2D eigenvalue weighted by molar-refractivity contribution is 7.90. The van der Waals surface area contributed by atoms with E-state index in [4.69, 9.17) is 0 Å².